The number of carbonyl (C=O) groups is 3. The van der Waals surface area contributed by atoms with Crippen LogP contribution >= 0.6 is 0 Å². The second-order valence-corrected chi connectivity index (χ2v) is 5.95. The number of anilines is 2. The Morgan fingerprint density at radius 1 is 1.04 bits per heavy atom. The molecule has 0 unspecified atom stereocenters. The number of nitrogens with one attached hydrogen (secondary N) is 1. The second-order valence-electron chi connectivity index (χ2n) is 5.95. The average molecular weight is 386 g/mol. The number of carbonyl (C=O) groups excluding carboxylic acids is 3. The van der Waals surface area contributed by atoms with Crippen LogP contribution in [-0.4, -0.2) is 53.1 Å². The minimum absolute atomic E-state index is 0.0665. The van der Waals surface area contributed by atoms with Gasteiger partial charge in [-0.25, -0.2) is 4.79 Å². The zero-order chi connectivity index (χ0) is 20.7. The lowest BCUT2D eigenvalue weighted by Crippen LogP contribution is -2.22. The summed E-state index contributed by atoms with van der Waals surface area (Å²) in [6.45, 7) is -0.521. The smallest absolute Gasteiger partial charge is 0.343 e. The van der Waals surface area contributed by atoms with Crippen molar-refractivity contribution in [2.45, 2.75) is 0 Å². The molecule has 0 radical (unpaired) electrons. The molecule has 0 heterocycles. The lowest BCUT2D eigenvalue weighted by Gasteiger charge is -2.14. The summed E-state index contributed by atoms with van der Waals surface area (Å²) >= 11 is 0. The summed E-state index contributed by atoms with van der Waals surface area (Å²) < 4.78 is 15.4. The Labute approximate surface area is 163 Å². The SMILES string of the molecule is COc1ccc(C=O)c(C(=O)OCC(=O)Nc2ccc(N(C)C)cc2)c1OC. The Morgan fingerprint density at radius 3 is 2.25 bits per heavy atom. The monoisotopic (exact) mass is 386 g/mol. The lowest BCUT2D eigenvalue weighted by molar-refractivity contribution is -0.119. The molecule has 0 bridgehead atoms. The van der Waals surface area contributed by atoms with Gasteiger partial charge in [0.05, 0.1) is 14.2 Å². The van der Waals surface area contributed by atoms with E-state index in [0.717, 1.165) is 5.69 Å². The molecule has 0 spiro atoms. The van der Waals surface area contributed by atoms with Gasteiger partial charge in [0.2, 0.25) is 0 Å². The first kappa shape index (κ1) is 20.8. The zero-order valence-electron chi connectivity index (χ0n) is 16.1. The highest BCUT2D eigenvalue weighted by Crippen LogP contribution is 2.33. The molecule has 0 aliphatic rings. The standard InChI is InChI=1S/C20H22N2O6/c1-22(2)15-8-6-14(7-9-15)21-17(24)12-28-20(25)18-13(11-23)5-10-16(26-3)19(18)27-4/h5-11H,12H2,1-4H3,(H,21,24). The highest BCUT2D eigenvalue weighted by atomic mass is 16.5. The first-order valence-electron chi connectivity index (χ1n) is 8.35. The number of hydrogen-bond donors (Lipinski definition) is 1. The van der Waals surface area contributed by atoms with Crippen LogP contribution in [0.3, 0.4) is 0 Å². The molecule has 1 amide bonds. The molecule has 8 heteroatoms. The van der Waals surface area contributed by atoms with E-state index in [4.69, 9.17) is 14.2 Å². The summed E-state index contributed by atoms with van der Waals surface area (Å²) in [6.07, 6.45) is 0.505. The number of hydrogen-bond acceptors (Lipinski definition) is 7. The van der Waals surface area contributed by atoms with Crippen molar-refractivity contribution in [1.29, 1.82) is 0 Å². The van der Waals surface area contributed by atoms with E-state index in [1.165, 1.54) is 26.4 Å². The highest BCUT2D eigenvalue weighted by Gasteiger charge is 2.23. The number of rotatable bonds is 8. The van der Waals surface area contributed by atoms with Gasteiger partial charge >= 0.3 is 5.97 Å². The molecule has 0 fully saturated rings. The predicted molar refractivity (Wildman–Crippen MR) is 105 cm³/mol. The van der Waals surface area contributed by atoms with Gasteiger partial charge in [-0.15, -0.1) is 0 Å². The number of ether oxygens (including phenoxy) is 3. The van der Waals surface area contributed by atoms with Crippen molar-refractivity contribution >= 4 is 29.5 Å². The number of benzene rings is 2. The molecule has 0 aliphatic heterocycles. The Kier molecular flexibility index (Phi) is 6.97. The van der Waals surface area contributed by atoms with Gasteiger partial charge in [0.1, 0.15) is 5.56 Å². The van der Waals surface area contributed by atoms with Crippen molar-refractivity contribution in [3.8, 4) is 11.5 Å². The van der Waals surface area contributed by atoms with E-state index in [-0.39, 0.29) is 22.6 Å². The third-order valence-corrected chi connectivity index (χ3v) is 3.91. The third-order valence-electron chi connectivity index (χ3n) is 3.91. The fourth-order valence-corrected chi connectivity index (χ4v) is 2.49. The van der Waals surface area contributed by atoms with Crippen LogP contribution in [-0.2, 0) is 9.53 Å². The Hall–Kier alpha value is -3.55. The Morgan fingerprint density at radius 2 is 1.71 bits per heavy atom. The highest BCUT2D eigenvalue weighted by molar-refractivity contribution is 6.03. The first-order valence-corrected chi connectivity index (χ1v) is 8.35. The predicted octanol–water partition coefficient (Wildman–Crippen LogP) is 2.38. The minimum atomic E-state index is -0.865. The normalized spacial score (nSPS) is 10.0. The maximum absolute atomic E-state index is 12.4. The summed E-state index contributed by atoms with van der Waals surface area (Å²) in [5.41, 5.74) is 1.53. The summed E-state index contributed by atoms with van der Waals surface area (Å²) in [4.78, 5) is 37.7. The number of esters is 1. The fraction of sp³-hybridized carbons (Fsp3) is 0.250. The molecule has 0 aliphatic carbocycles. The third kappa shape index (κ3) is 4.79. The Bertz CT molecular complexity index is 862. The molecule has 0 saturated carbocycles. The van der Waals surface area contributed by atoms with E-state index in [9.17, 15) is 14.4 Å². The molecule has 2 rings (SSSR count). The van der Waals surface area contributed by atoms with Crippen LogP contribution in [0.5, 0.6) is 11.5 Å². The van der Waals surface area contributed by atoms with Gasteiger partial charge in [0.25, 0.3) is 5.91 Å². The topological polar surface area (TPSA) is 94.2 Å². The van der Waals surface area contributed by atoms with E-state index >= 15 is 0 Å². The summed E-state index contributed by atoms with van der Waals surface area (Å²) in [6, 6.07) is 10.1. The maximum Gasteiger partial charge on any atom is 0.343 e. The van der Waals surface area contributed by atoms with E-state index in [2.05, 4.69) is 5.32 Å². The molecule has 0 aromatic heterocycles. The molecule has 2 aromatic carbocycles. The zero-order valence-corrected chi connectivity index (χ0v) is 16.1. The van der Waals surface area contributed by atoms with E-state index in [0.29, 0.717) is 12.0 Å². The Balaban J connectivity index is 2.07. The van der Waals surface area contributed by atoms with Crippen molar-refractivity contribution < 1.29 is 28.6 Å². The van der Waals surface area contributed by atoms with Crippen molar-refractivity contribution in [2.75, 3.05) is 45.1 Å². The van der Waals surface area contributed by atoms with Crippen LogP contribution in [0.2, 0.25) is 0 Å². The number of nitrogens with zero attached hydrogens (tertiary/aromatic N) is 1. The van der Waals surface area contributed by atoms with E-state index in [1.807, 2.05) is 31.1 Å². The molecule has 1 N–H and O–H groups in total. The summed E-state index contributed by atoms with van der Waals surface area (Å²) in [7, 11) is 6.57. The van der Waals surface area contributed by atoms with Gasteiger partial charge in [-0.05, 0) is 36.4 Å². The van der Waals surface area contributed by atoms with Gasteiger partial charge in [-0.3, -0.25) is 9.59 Å². The van der Waals surface area contributed by atoms with Crippen LogP contribution in [0, 0.1) is 0 Å². The molecular weight excluding hydrogens is 364 g/mol. The van der Waals surface area contributed by atoms with Gasteiger partial charge < -0.3 is 24.4 Å². The number of aldehydes is 1. The van der Waals surface area contributed by atoms with E-state index in [1.54, 1.807) is 12.1 Å². The first-order chi connectivity index (χ1) is 13.4. The molecule has 148 valence electrons. The van der Waals surface area contributed by atoms with Crippen molar-refractivity contribution in [3.05, 3.63) is 47.5 Å². The fourth-order valence-electron chi connectivity index (χ4n) is 2.49. The van der Waals surface area contributed by atoms with Gasteiger partial charge in [-0.2, -0.15) is 0 Å². The molecule has 0 saturated heterocycles. The van der Waals surface area contributed by atoms with Gasteiger partial charge in [0.15, 0.2) is 24.4 Å². The van der Waals surface area contributed by atoms with Crippen molar-refractivity contribution in [1.82, 2.24) is 0 Å². The minimum Gasteiger partial charge on any atom is -0.493 e. The van der Waals surface area contributed by atoms with Crippen molar-refractivity contribution in [3.63, 3.8) is 0 Å². The van der Waals surface area contributed by atoms with Gasteiger partial charge in [-0.1, -0.05) is 0 Å². The van der Waals surface area contributed by atoms with Crippen LogP contribution in [0.4, 0.5) is 11.4 Å². The van der Waals surface area contributed by atoms with Crippen molar-refractivity contribution in [2.24, 2.45) is 0 Å². The summed E-state index contributed by atoms with van der Waals surface area (Å²) in [5, 5.41) is 2.63. The van der Waals surface area contributed by atoms with E-state index < -0.39 is 18.5 Å². The lowest BCUT2D eigenvalue weighted by atomic mass is 10.1. The number of methoxy groups -OCH3 is 2. The maximum atomic E-state index is 12.4. The molecule has 28 heavy (non-hydrogen) atoms. The average Bonchev–Trinajstić information content (AvgIpc) is 2.71. The largest absolute Gasteiger partial charge is 0.493 e. The number of amides is 1. The van der Waals surface area contributed by atoms with Gasteiger partial charge in [0, 0.05) is 31.0 Å². The van der Waals surface area contributed by atoms with Crippen LogP contribution < -0.4 is 19.7 Å². The quantitative estimate of drug-likeness (QED) is 0.550. The van der Waals surface area contributed by atoms with Crippen LogP contribution in [0.15, 0.2) is 36.4 Å². The molecule has 2 aromatic rings. The molecule has 0 atom stereocenters. The summed E-state index contributed by atoms with van der Waals surface area (Å²) in [5.74, 6) is -1.04. The molecule has 8 nitrogen and oxygen atoms in total. The second kappa shape index (κ2) is 9.40. The van der Waals surface area contributed by atoms with Crippen LogP contribution in [0.25, 0.3) is 0 Å². The molecular formula is C20H22N2O6. The van der Waals surface area contributed by atoms with Crippen LogP contribution in [0.1, 0.15) is 20.7 Å².